The largest absolute Gasteiger partial charge is 0.283 e. The number of nitrogens with zero attached hydrogens (tertiary/aromatic N) is 1. The van der Waals surface area contributed by atoms with E-state index in [0.29, 0.717) is 11.8 Å². The minimum Gasteiger partial charge on any atom is -0.283 e. The molecule has 0 aromatic heterocycles. The van der Waals surface area contributed by atoms with Gasteiger partial charge >= 0.3 is 0 Å². The average Bonchev–Trinajstić information content (AvgIpc) is 2.88. The lowest BCUT2D eigenvalue weighted by molar-refractivity contribution is 0.463. The summed E-state index contributed by atoms with van der Waals surface area (Å²) in [5.74, 6) is 3.13. The molecule has 4 unspecified atom stereocenters. The van der Waals surface area contributed by atoms with Crippen LogP contribution in [0.25, 0.3) is 0 Å². The molecule has 0 aromatic carbocycles. The molecule has 2 heteroatoms. The topological polar surface area (TPSA) is 24.4 Å². The van der Waals surface area contributed by atoms with Gasteiger partial charge in [-0.25, -0.2) is 0 Å². The Morgan fingerprint density at radius 3 is 3.20 bits per heavy atom. The molecule has 0 saturated heterocycles. The molecule has 0 spiro atoms. The second-order valence-corrected chi connectivity index (χ2v) is 5.36. The summed E-state index contributed by atoms with van der Waals surface area (Å²) < 4.78 is 0. The summed E-state index contributed by atoms with van der Waals surface area (Å²) in [6, 6.07) is 0. The van der Waals surface area contributed by atoms with E-state index in [9.17, 15) is 0 Å². The van der Waals surface area contributed by atoms with Crippen molar-refractivity contribution in [1.82, 2.24) is 5.43 Å². The summed E-state index contributed by atoms with van der Waals surface area (Å²) in [4.78, 5) is 0. The molecule has 2 aliphatic carbocycles. The van der Waals surface area contributed by atoms with Crippen LogP contribution in [-0.2, 0) is 0 Å². The summed E-state index contributed by atoms with van der Waals surface area (Å²) >= 11 is 0. The quantitative estimate of drug-likeness (QED) is 0.735. The molecule has 1 N–H and O–H groups in total. The Balaban J connectivity index is 1.98. The number of fused-ring (bicyclic) bond motifs is 5. The van der Waals surface area contributed by atoms with Gasteiger partial charge in [-0.3, -0.25) is 5.43 Å². The first kappa shape index (κ1) is 9.44. The van der Waals surface area contributed by atoms with Crippen molar-refractivity contribution in [1.29, 1.82) is 0 Å². The first-order chi connectivity index (χ1) is 7.31. The maximum atomic E-state index is 4.36. The number of allylic oxidation sites excluding steroid dienone is 2. The van der Waals surface area contributed by atoms with Gasteiger partial charge in [0.2, 0.25) is 0 Å². The van der Waals surface area contributed by atoms with Crippen LogP contribution in [0.3, 0.4) is 0 Å². The molecule has 1 heterocycles. The van der Waals surface area contributed by atoms with Gasteiger partial charge < -0.3 is 0 Å². The molecule has 2 bridgehead atoms. The van der Waals surface area contributed by atoms with Crippen LogP contribution in [0.2, 0.25) is 0 Å². The first-order valence-corrected chi connectivity index (χ1v) is 6.34. The third kappa shape index (κ3) is 1.27. The minimum absolute atomic E-state index is 0.652. The lowest BCUT2D eigenvalue weighted by Gasteiger charge is -2.30. The Kier molecular flexibility index (Phi) is 2.11. The van der Waals surface area contributed by atoms with Crippen molar-refractivity contribution in [2.75, 3.05) is 0 Å². The van der Waals surface area contributed by atoms with Gasteiger partial charge in [0.25, 0.3) is 0 Å². The molecular formula is C13H20N2. The minimum atomic E-state index is 0.652. The summed E-state index contributed by atoms with van der Waals surface area (Å²) in [7, 11) is 0. The first-order valence-electron chi connectivity index (χ1n) is 6.34. The van der Waals surface area contributed by atoms with Crippen molar-refractivity contribution in [3.8, 4) is 0 Å². The Bertz CT molecular complexity index is 329. The van der Waals surface area contributed by atoms with Crippen molar-refractivity contribution < 1.29 is 0 Å². The molecule has 3 rings (SSSR count). The number of rotatable bonds is 2. The SMILES string of the molecule is CCC(C)C1=C2C3CCC(C3)C2C=NN1. The van der Waals surface area contributed by atoms with Gasteiger partial charge in [-0.1, -0.05) is 13.8 Å². The van der Waals surface area contributed by atoms with E-state index in [1.165, 1.54) is 31.4 Å². The van der Waals surface area contributed by atoms with Crippen molar-refractivity contribution in [3.05, 3.63) is 11.3 Å². The highest BCUT2D eigenvalue weighted by atomic mass is 15.3. The van der Waals surface area contributed by atoms with E-state index in [-0.39, 0.29) is 0 Å². The lowest BCUT2D eigenvalue weighted by atomic mass is 9.81. The monoisotopic (exact) mass is 204 g/mol. The number of nitrogens with one attached hydrogen (secondary N) is 1. The van der Waals surface area contributed by atoms with E-state index < -0.39 is 0 Å². The van der Waals surface area contributed by atoms with Gasteiger partial charge in [-0.05, 0) is 49.0 Å². The Hall–Kier alpha value is -0.790. The maximum absolute atomic E-state index is 4.36. The molecule has 2 saturated carbocycles. The van der Waals surface area contributed by atoms with E-state index >= 15 is 0 Å². The molecule has 2 fully saturated rings. The number of hydrazone groups is 1. The molecule has 82 valence electrons. The second kappa shape index (κ2) is 3.36. The highest BCUT2D eigenvalue weighted by Crippen LogP contribution is 2.53. The normalized spacial score (nSPS) is 39.2. The van der Waals surface area contributed by atoms with Crippen LogP contribution < -0.4 is 5.43 Å². The van der Waals surface area contributed by atoms with E-state index in [4.69, 9.17) is 0 Å². The second-order valence-electron chi connectivity index (χ2n) is 5.36. The third-order valence-electron chi connectivity index (χ3n) is 4.62. The van der Waals surface area contributed by atoms with Gasteiger partial charge in [-0.2, -0.15) is 5.10 Å². The Labute approximate surface area is 91.8 Å². The molecule has 0 aromatic rings. The summed E-state index contributed by atoms with van der Waals surface area (Å²) in [6.45, 7) is 4.58. The smallest absolute Gasteiger partial charge is 0.0365 e. The van der Waals surface area contributed by atoms with E-state index in [1.807, 2.05) is 0 Å². The van der Waals surface area contributed by atoms with Crippen molar-refractivity contribution in [3.63, 3.8) is 0 Å². The highest BCUT2D eigenvalue weighted by Gasteiger charge is 2.45. The summed E-state index contributed by atoms with van der Waals surface area (Å²) in [5, 5.41) is 4.36. The van der Waals surface area contributed by atoms with E-state index in [0.717, 1.165) is 11.8 Å². The van der Waals surface area contributed by atoms with Crippen LogP contribution in [0.4, 0.5) is 0 Å². The molecule has 15 heavy (non-hydrogen) atoms. The fourth-order valence-corrected chi connectivity index (χ4v) is 3.60. The zero-order chi connectivity index (χ0) is 10.4. The van der Waals surface area contributed by atoms with Gasteiger partial charge in [0.15, 0.2) is 0 Å². The Morgan fingerprint density at radius 2 is 2.40 bits per heavy atom. The van der Waals surface area contributed by atoms with Crippen molar-refractivity contribution in [2.24, 2.45) is 28.8 Å². The van der Waals surface area contributed by atoms with Crippen LogP contribution >= 0.6 is 0 Å². The van der Waals surface area contributed by atoms with Gasteiger partial charge in [0, 0.05) is 17.8 Å². The molecule has 4 atom stereocenters. The van der Waals surface area contributed by atoms with Crippen LogP contribution in [0.5, 0.6) is 0 Å². The third-order valence-corrected chi connectivity index (χ3v) is 4.62. The van der Waals surface area contributed by atoms with Gasteiger partial charge in [0.05, 0.1) is 0 Å². The predicted octanol–water partition coefficient (Wildman–Crippen LogP) is 2.92. The van der Waals surface area contributed by atoms with Gasteiger partial charge in [-0.15, -0.1) is 0 Å². The summed E-state index contributed by atoms with van der Waals surface area (Å²) in [5.41, 5.74) is 6.45. The Morgan fingerprint density at radius 1 is 1.53 bits per heavy atom. The fraction of sp³-hybridized carbons (Fsp3) is 0.769. The number of hydrogen-bond donors (Lipinski definition) is 1. The molecule has 0 amide bonds. The van der Waals surface area contributed by atoms with Crippen LogP contribution in [0.15, 0.2) is 16.4 Å². The molecule has 3 aliphatic rings. The van der Waals surface area contributed by atoms with Crippen molar-refractivity contribution in [2.45, 2.75) is 39.5 Å². The zero-order valence-electron chi connectivity index (χ0n) is 9.66. The maximum Gasteiger partial charge on any atom is 0.0365 e. The standard InChI is InChI=1S/C13H20N2/c1-3-8(2)13-12-10-5-4-9(6-10)11(12)7-14-15-13/h7-11,15H,3-6H2,1-2H3. The van der Waals surface area contributed by atoms with Gasteiger partial charge in [0.1, 0.15) is 0 Å². The van der Waals surface area contributed by atoms with Crippen LogP contribution in [0, 0.1) is 23.7 Å². The molecular weight excluding hydrogens is 184 g/mol. The van der Waals surface area contributed by atoms with E-state index in [2.05, 4.69) is 30.6 Å². The average molecular weight is 204 g/mol. The predicted molar refractivity (Wildman–Crippen MR) is 62.4 cm³/mol. The van der Waals surface area contributed by atoms with Crippen LogP contribution in [0.1, 0.15) is 39.5 Å². The molecule has 2 nitrogen and oxygen atoms in total. The molecule has 1 aliphatic heterocycles. The lowest BCUT2D eigenvalue weighted by Crippen LogP contribution is -2.28. The van der Waals surface area contributed by atoms with Crippen molar-refractivity contribution >= 4 is 6.21 Å². The zero-order valence-corrected chi connectivity index (χ0v) is 9.66. The van der Waals surface area contributed by atoms with Crippen LogP contribution in [-0.4, -0.2) is 6.21 Å². The molecule has 0 radical (unpaired) electrons. The highest BCUT2D eigenvalue weighted by molar-refractivity contribution is 5.69. The number of hydrogen-bond acceptors (Lipinski definition) is 2. The van der Waals surface area contributed by atoms with E-state index in [1.54, 1.807) is 5.57 Å². The summed E-state index contributed by atoms with van der Waals surface area (Å²) in [6.07, 6.45) is 7.65. The fourth-order valence-electron chi connectivity index (χ4n) is 3.60.